The van der Waals surface area contributed by atoms with Crippen molar-refractivity contribution in [3.8, 4) is 11.5 Å². The molecule has 3 aromatic carbocycles. The minimum absolute atomic E-state index is 0.142. The molecule has 0 aliphatic carbocycles. The number of carbonyl (C=O) groups is 2. The van der Waals surface area contributed by atoms with Crippen LogP contribution in [0.3, 0.4) is 0 Å². The first kappa shape index (κ1) is 25.2. The third-order valence-corrected chi connectivity index (χ3v) is 5.89. The molecule has 2 N–H and O–H groups in total. The summed E-state index contributed by atoms with van der Waals surface area (Å²) in [6, 6.07) is 21.7. The largest absolute Gasteiger partial charge is 0.493 e. The quantitative estimate of drug-likeness (QED) is 0.453. The summed E-state index contributed by atoms with van der Waals surface area (Å²) in [5.74, 6) is 0.604. The monoisotopic (exact) mass is 489 g/mol. The van der Waals surface area contributed by atoms with E-state index in [1.807, 2.05) is 30.3 Å². The van der Waals surface area contributed by atoms with E-state index >= 15 is 0 Å². The molecule has 0 bridgehead atoms. The zero-order chi connectivity index (χ0) is 25.2. The third-order valence-electron chi connectivity index (χ3n) is 5.89. The maximum Gasteiger partial charge on any atom is 0.255 e. The van der Waals surface area contributed by atoms with E-state index in [0.29, 0.717) is 41.5 Å². The van der Waals surface area contributed by atoms with Crippen LogP contribution in [0, 0.1) is 0 Å². The number of ether oxygens (including phenoxy) is 3. The molecule has 188 valence electrons. The van der Waals surface area contributed by atoms with Gasteiger partial charge in [-0.15, -0.1) is 0 Å². The molecule has 0 atom stereocenters. The maximum atomic E-state index is 12.8. The van der Waals surface area contributed by atoms with Crippen LogP contribution in [-0.4, -0.2) is 63.2 Å². The van der Waals surface area contributed by atoms with Crippen LogP contribution in [0.1, 0.15) is 26.3 Å². The molecule has 0 unspecified atom stereocenters. The van der Waals surface area contributed by atoms with E-state index in [4.69, 9.17) is 14.2 Å². The predicted octanol–water partition coefficient (Wildman–Crippen LogP) is 3.59. The summed E-state index contributed by atoms with van der Waals surface area (Å²) in [5, 5.41) is 5.79. The summed E-state index contributed by atoms with van der Waals surface area (Å²) in [7, 11) is 1.54. The van der Waals surface area contributed by atoms with E-state index in [1.54, 1.807) is 42.5 Å². The molecule has 1 saturated heterocycles. The normalized spacial score (nSPS) is 13.6. The zero-order valence-corrected chi connectivity index (χ0v) is 20.4. The molecule has 1 aliphatic rings. The standard InChI is InChI=1S/C28H31N3O5/c1-34-26-19-23(9-12-25(26)36-20-21-5-3-2-4-6-21)28(33)30-24-10-7-22(8-11-24)27(32)29-13-14-31-15-17-35-18-16-31/h2-12,19H,13-18,20H2,1H3,(H,29,32)(H,30,33). The molecule has 2 amide bonds. The summed E-state index contributed by atoms with van der Waals surface area (Å²) in [4.78, 5) is 27.5. The fourth-order valence-electron chi connectivity index (χ4n) is 3.83. The Morgan fingerprint density at radius 1 is 0.889 bits per heavy atom. The highest BCUT2D eigenvalue weighted by atomic mass is 16.5. The molecule has 0 aromatic heterocycles. The van der Waals surface area contributed by atoms with E-state index in [1.165, 1.54) is 7.11 Å². The van der Waals surface area contributed by atoms with Gasteiger partial charge in [-0.1, -0.05) is 30.3 Å². The van der Waals surface area contributed by atoms with Crippen LogP contribution in [0.25, 0.3) is 0 Å². The van der Waals surface area contributed by atoms with Crippen LogP contribution in [0.2, 0.25) is 0 Å². The number of nitrogens with zero attached hydrogens (tertiary/aromatic N) is 1. The minimum atomic E-state index is -0.286. The van der Waals surface area contributed by atoms with Crippen LogP contribution in [-0.2, 0) is 11.3 Å². The Kier molecular flexibility index (Phi) is 8.91. The fourth-order valence-corrected chi connectivity index (χ4v) is 3.83. The summed E-state index contributed by atoms with van der Waals surface area (Å²) in [5.41, 5.74) is 2.60. The van der Waals surface area contributed by atoms with Crippen molar-refractivity contribution in [2.24, 2.45) is 0 Å². The van der Waals surface area contributed by atoms with Crippen molar-refractivity contribution in [3.05, 3.63) is 89.5 Å². The predicted molar refractivity (Wildman–Crippen MR) is 138 cm³/mol. The SMILES string of the molecule is COc1cc(C(=O)Nc2ccc(C(=O)NCCN3CCOCC3)cc2)ccc1OCc1ccccc1. The first-order valence-corrected chi connectivity index (χ1v) is 12.0. The highest BCUT2D eigenvalue weighted by molar-refractivity contribution is 6.05. The number of benzene rings is 3. The van der Waals surface area contributed by atoms with Crippen LogP contribution in [0.4, 0.5) is 5.69 Å². The van der Waals surface area contributed by atoms with E-state index in [-0.39, 0.29) is 11.8 Å². The lowest BCUT2D eigenvalue weighted by atomic mass is 10.1. The number of morpholine rings is 1. The van der Waals surface area contributed by atoms with Crippen molar-refractivity contribution in [2.75, 3.05) is 51.8 Å². The molecule has 8 heteroatoms. The Morgan fingerprint density at radius 3 is 2.33 bits per heavy atom. The second kappa shape index (κ2) is 12.7. The number of hydrogen-bond acceptors (Lipinski definition) is 6. The molecule has 4 rings (SSSR count). The average molecular weight is 490 g/mol. The molecular formula is C28H31N3O5. The maximum absolute atomic E-state index is 12.8. The van der Waals surface area contributed by atoms with Crippen molar-refractivity contribution < 1.29 is 23.8 Å². The van der Waals surface area contributed by atoms with Crippen LogP contribution >= 0.6 is 0 Å². The molecule has 0 spiro atoms. The Balaban J connectivity index is 1.29. The smallest absolute Gasteiger partial charge is 0.255 e. The van der Waals surface area contributed by atoms with Crippen molar-refractivity contribution in [3.63, 3.8) is 0 Å². The van der Waals surface area contributed by atoms with E-state index < -0.39 is 0 Å². The molecule has 36 heavy (non-hydrogen) atoms. The summed E-state index contributed by atoms with van der Waals surface area (Å²) < 4.78 is 16.6. The van der Waals surface area contributed by atoms with Gasteiger partial charge in [0.25, 0.3) is 11.8 Å². The lowest BCUT2D eigenvalue weighted by Gasteiger charge is -2.26. The Bertz CT molecular complexity index is 1150. The van der Waals surface area contributed by atoms with Gasteiger partial charge in [0.2, 0.25) is 0 Å². The van der Waals surface area contributed by atoms with Gasteiger partial charge >= 0.3 is 0 Å². The third kappa shape index (κ3) is 7.07. The van der Waals surface area contributed by atoms with Gasteiger partial charge < -0.3 is 24.8 Å². The number of amides is 2. The molecule has 1 aliphatic heterocycles. The van der Waals surface area contributed by atoms with Gasteiger partial charge in [0.1, 0.15) is 6.61 Å². The number of methoxy groups -OCH3 is 1. The summed E-state index contributed by atoms with van der Waals surface area (Å²) in [6.07, 6.45) is 0. The number of hydrogen-bond donors (Lipinski definition) is 2. The lowest BCUT2D eigenvalue weighted by Crippen LogP contribution is -2.41. The Hall–Kier alpha value is -3.88. The number of rotatable bonds is 10. The second-order valence-corrected chi connectivity index (χ2v) is 8.38. The van der Waals surface area contributed by atoms with Crippen molar-refractivity contribution >= 4 is 17.5 Å². The van der Waals surface area contributed by atoms with Gasteiger partial charge in [-0.05, 0) is 48.0 Å². The van der Waals surface area contributed by atoms with Gasteiger partial charge in [0.05, 0.1) is 20.3 Å². The molecule has 0 saturated carbocycles. The number of anilines is 1. The first-order chi connectivity index (χ1) is 17.6. The molecular weight excluding hydrogens is 458 g/mol. The van der Waals surface area contributed by atoms with Gasteiger partial charge in [-0.2, -0.15) is 0 Å². The van der Waals surface area contributed by atoms with Crippen molar-refractivity contribution in [1.29, 1.82) is 0 Å². The molecule has 1 fully saturated rings. The van der Waals surface area contributed by atoms with Gasteiger partial charge in [-0.25, -0.2) is 0 Å². The van der Waals surface area contributed by atoms with E-state index in [0.717, 1.165) is 38.4 Å². The molecule has 0 radical (unpaired) electrons. The zero-order valence-electron chi connectivity index (χ0n) is 20.4. The average Bonchev–Trinajstić information content (AvgIpc) is 2.93. The number of carbonyl (C=O) groups excluding carboxylic acids is 2. The van der Waals surface area contributed by atoms with Gasteiger partial charge in [0.15, 0.2) is 11.5 Å². The van der Waals surface area contributed by atoms with Crippen LogP contribution in [0.5, 0.6) is 11.5 Å². The highest BCUT2D eigenvalue weighted by Gasteiger charge is 2.13. The Labute approximate surface area is 211 Å². The first-order valence-electron chi connectivity index (χ1n) is 12.0. The molecule has 3 aromatic rings. The van der Waals surface area contributed by atoms with Crippen LogP contribution < -0.4 is 20.1 Å². The van der Waals surface area contributed by atoms with E-state index in [9.17, 15) is 9.59 Å². The van der Waals surface area contributed by atoms with Crippen molar-refractivity contribution in [2.45, 2.75) is 6.61 Å². The summed E-state index contributed by atoms with van der Waals surface area (Å²) >= 11 is 0. The van der Waals surface area contributed by atoms with Crippen molar-refractivity contribution in [1.82, 2.24) is 10.2 Å². The summed E-state index contributed by atoms with van der Waals surface area (Å²) in [6.45, 7) is 5.02. The topological polar surface area (TPSA) is 89.1 Å². The highest BCUT2D eigenvalue weighted by Crippen LogP contribution is 2.29. The number of nitrogens with one attached hydrogen (secondary N) is 2. The van der Waals surface area contributed by atoms with Gasteiger partial charge in [-0.3, -0.25) is 14.5 Å². The molecule has 1 heterocycles. The molecule has 8 nitrogen and oxygen atoms in total. The Morgan fingerprint density at radius 2 is 1.61 bits per heavy atom. The second-order valence-electron chi connectivity index (χ2n) is 8.38. The lowest BCUT2D eigenvalue weighted by molar-refractivity contribution is 0.0383. The minimum Gasteiger partial charge on any atom is -0.493 e. The van der Waals surface area contributed by atoms with E-state index in [2.05, 4.69) is 15.5 Å². The van der Waals surface area contributed by atoms with Gasteiger partial charge in [0, 0.05) is 43.0 Å². The van der Waals surface area contributed by atoms with Crippen LogP contribution in [0.15, 0.2) is 72.8 Å². The fraction of sp³-hybridized carbons (Fsp3) is 0.286.